The third-order valence-corrected chi connectivity index (χ3v) is 5.30. The molecule has 0 saturated carbocycles. The van der Waals surface area contributed by atoms with Crippen molar-refractivity contribution in [3.05, 3.63) is 59.0 Å². The topological polar surface area (TPSA) is 163 Å². The monoisotopic (exact) mass is 449 g/mol. The van der Waals surface area contributed by atoms with Crippen molar-refractivity contribution in [1.29, 1.82) is 0 Å². The number of sulfone groups is 1. The van der Waals surface area contributed by atoms with Crippen molar-refractivity contribution in [2.24, 2.45) is 5.73 Å². The molecule has 2 aromatic heterocycles. The lowest BCUT2D eigenvalue weighted by Crippen LogP contribution is -2.29. The first-order valence-corrected chi connectivity index (χ1v) is 10.7. The zero-order chi connectivity index (χ0) is 22.1. The molecule has 0 radical (unpaired) electrons. The van der Waals surface area contributed by atoms with E-state index in [1.165, 1.54) is 35.3 Å². The van der Waals surface area contributed by atoms with Gasteiger partial charge in [0.15, 0.2) is 21.5 Å². The normalized spacial score (nSPS) is 12.4. The summed E-state index contributed by atoms with van der Waals surface area (Å²) in [4.78, 5) is 35.9. The van der Waals surface area contributed by atoms with Gasteiger partial charge in [-0.25, -0.2) is 23.4 Å². The molecule has 0 saturated heterocycles. The molecule has 3 rings (SSSR count). The van der Waals surface area contributed by atoms with Crippen LogP contribution in [0.2, 0.25) is 5.02 Å². The lowest BCUT2D eigenvalue weighted by Gasteiger charge is -2.15. The quantitative estimate of drug-likeness (QED) is 0.555. The summed E-state index contributed by atoms with van der Waals surface area (Å²) in [6.45, 7) is 1.65. The van der Waals surface area contributed by atoms with Crippen LogP contribution >= 0.6 is 11.6 Å². The number of benzene rings is 1. The molecule has 0 aliphatic heterocycles. The number of carbonyl (C=O) groups is 2. The second-order valence-corrected chi connectivity index (χ2v) is 8.75. The Kier molecular flexibility index (Phi) is 5.80. The smallest absolute Gasteiger partial charge is 0.267 e. The van der Waals surface area contributed by atoms with E-state index in [1.807, 2.05) is 0 Å². The van der Waals surface area contributed by atoms with Gasteiger partial charge in [-0.1, -0.05) is 11.6 Å². The Bertz CT molecular complexity index is 1240. The van der Waals surface area contributed by atoms with Gasteiger partial charge in [0.05, 0.1) is 10.9 Å². The van der Waals surface area contributed by atoms with E-state index in [4.69, 9.17) is 17.3 Å². The number of primary amides is 1. The van der Waals surface area contributed by atoms with E-state index in [9.17, 15) is 18.0 Å². The summed E-state index contributed by atoms with van der Waals surface area (Å²) in [6.07, 6.45) is 3.43. The van der Waals surface area contributed by atoms with Crippen molar-refractivity contribution in [2.45, 2.75) is 17.9 Å². The maximum absolute atomic E-state index is 12.7. The molecule has 1 aromatic carbocycles. The Hall–Kier alpha value is -3.38. The number of carbonyl (C=O) groups excluding carboxylic acids is 2. The summed E-state index contributed by atoms with van der Waals surface area (Å²) in [7, 11) is -3.55. The highest BCUT2D eigenvalue weighted by Crippen LogP contribution is 2.20. The van der Waals surface area contributed by atoms with Gasteiger partial charge in [0.25, 0.3) is 11.8 Å². The Morgan fingerprint density at radius 3 is 2.53 bits per heavy atom. The summed E-state index contributed by atoms with van der Waals surface area (Å²) >= 11 is 5.96. The number of rotatable bonds is 6. The lowest BCUT2D eigenvalue weighted by atomic mass is 10.2. The molecule has 0 fully saturated rings. The molecule has 1 atom stereocenters. The highest BCUT2D eigenvalue weighted by molar-refractivity contribution is 7.90. The highest BCUT2D eigenvalue weighted by atomic mass is 35.5. The van der Waals surface area contributed by atoms with Crippen LogP contribution in [0.25, 0.3) is 5.82 Å². The van der Waals surface area contributed by atoms with Crippen LogP contribution in [0.1, 0.15) is 39.6 Å². The van der Waals surface area contributed by atoms with Gasteiger partial charge in [0.2, 0.25) is 0 Å². The predicted molar refractivity (Wildman–Crippen MR) is 106 cm³/mol. The SMILES string of the molecule is C[C@H](NC(=O)c1cc(Cl)cc(S(C)(=O)=O)c1)c1ncnn1-c1cc(C(N)=O)ncn1. The summed E-state index contributed by atoms with van der Waals surface area (Å²) in [5.41, 5.74) is 5.29. The van der Waals surface area contributed by atoms with Crippen molar-refractivity contribution < 1.29 is 18.0 Å². The van der Waals surface area contributed by atoms with Crippen LogP contribution in [-0.2, 0) is 9.84 Å². The molecule has 2 heterocycles. The minimum atomic E-state index is -3.55. The molecular weight excluding hydrogens is 434 g/mol. The molecule has 3 N–H and O–H groups in total. The Balaban J connectivity index is 1.88. The van der Waals surface area contributed by atoms with Crippen LogP contribution in [0.15, 0.2) is 41.8 Å². The van der Waals surface area contributed by atoms with Gasteiger partial charge in [0, 0.05) is 22.9 Å². The zero-order valence-electron chi connectivity index (χ0n) is 15.8. The summed E-state index contributed by atoms with van der Waals surface area (Å²) in [5.74, 6) is -0.758. The Morgan fingerprint density at radius 2 is 1.87 bits per heavy atom. The average molecular weight is 450 g/mol. The van der Waals surface area contributed by atoms with Gasteiger partial charge in [-0.05, 0) is 25.1 Å². The van der Waals surface area contributed by atoms with E-state index >= 15 is 0 Å². The van der Waals surface area contributed by atoms with Crippen molar-refractivity contribution in [3.8, 4) is 5.82 Å². The van der Waals surface area contributed by atoms with Gasteiger partial charge in [-0.3, -0.25) is 9.59 Å². The number of aromatic nitrogens is 5. The number of nitrogens with one attached hydrogen (secondary N) is 1. The molecular formula is C17H16ClN7O4S. The molecule has 0 aliphatic carbocycles. The Morgan fingerprint density at radius 1 is 1.13 bits per heavy atom. The predicted octanol–water partition coefficient (Wildman–Crippen LogP) is 0.704. The average Bonchev–Trinajstić information content (AvgIpc) is 3.17. The highest BCUT2D eigenvalue weighted by Gasteiger charge is 2.20. The number of hydrogen-bond acceptors (Lipinski definition) is 8. The maximum atomic E-state index is 12.7. The number of nitrogens with zero attached hydrogens (tertiary/aromatic N) is 5. The van der Waals surface area contributed by atoms with Crippen LogP contribution in [-0.4, -0.2) is 51.2 Å². The number of nitrogens with two attached hydrogens (primary N) is 1. The minimum Gasteiger partial charge on any atom is -0.364 e. The summed E-state index contributed by atoms with van der Waals surface area (Å²) in [6, 6.07) is 4.53. The molecule has 0 spiro atoms. The van der Waals surface area contributed by atoms with E-state index < -0.39 is 27.7 Å². The third-order valence-electron chi connectivity index (χ3n) is 3.99. The molecule has 3 aromatic rings. The van der Waals surface area contributed by atoms with Crippen LogP contribution < -0.4 is 11.1 Å². The summed E-state index contributed by atoms with van der Waals surface area (Å²) in [5, 5.41) is 6.87. The first-order chi connectivity index (χ1) is 14.1. The molecule has 11 nitrogen and oxygen atoms in total. The van der Waals surface area contributed by atoms with Crippen LogP contribution in [0.4, 0.5) is 0 Å². The van der Waals surface area contributed by atoms with Crippen molar-refractivity contribution >= 4 is 33.3 Å². The van der Waals surface area contributed by atoms with E-state index in [2.05, 4.69) is 25.4 Å². The number of hydrogen-bond donors (Lipinski definition) is 2. The van der Waals surface area contributed by atoms with Crippen LogP contribution in [0.3, 0.4) is 0 Å². The molecule has 0 unspecified atom stereocenters. The van der Waals surface area contributed by atoms with Crippen LogP contribution in [0, 0.1) is 0 Å². The first kappa shape index (κ1) is 21.3. The van der Waals surface area contributed by atoms with Gasteiger partial charge in [0.1, 0.15) is 18.3 Å². The second kappa shape index (κ2) is 8.16. The van der Waals surface area contributed by atoms with E-state index in [0.717, 1.165) is 12.6 Å². The van der Waals surface area contributed by atoms with Gasteiger partial charge in [-0.2, -0.15) is 9.78 Å². The molecule has 156 valence electrons. The van der Waals surface area contributed by atoms with E-state index in [-0.39, 0.29) is 27.0 Å². The number of amides is 2. The zero-order valence-corrected chi connectivity index (χ0v) is 17.3. The largest absolute Gasteiger partial charge is 0.364 e. The minimum absolute atomic E-state index is 0.00892. The van der Waals surface area contributed by atoms with E-state index in [1.54, 1.807) is 6.92 Å². The third kappa shape index (κ3) is 4.60. The van der Waals surface area contributed by atoms with E-state index in [0.29, 0.717) is 5.82 Å². The molecule has 0 bridgehead atoms. The first-order valence-electron chi connectivity index (χ1n) is 8.40. The van der Waals surface area contributed by atoms with Gasteiger partial charge >= 0.3 is 0 Å². The molecule has 2 amide bonds. The van der Waals surface area contributed by atoms with Crippen molar-refractivity contribution in [3.63, 3.8) is 0 Å². The second-order valence-electron chi connectivity index (χ2n) is 6.30. The standard InChI is InChI=1S/C17H16ClN7O4S/c1-9(24-17(27)10-3-11(18)5-12(4-10)30(2,28)29)16-22-8-23-25(16)14-6-13(15(19)26)20-7-21-14/h3-9H,1-2H3,(H2,19,26)(H,24,27)/t9-/m0/s1. The Labute approximate surface area is 176 Å². The van der Waals surface area contributed by atoms with Crippen molar-refractivity contribution in [2.75, 3.05) is 6.26 Å². The lowest BCUT2D eigenvalue weighted by molar-refractivity contribution is 0.0936. The van der Waals surface area contributed by atoms with Gasteiger partial charge < -0.3 is 11.1 Å². The van der Waals surface area contributed by atoms with Crippen molar-refractivity contribution in [1.82, 2.24) is 30.0 Å². The molecule has 0 aliphatic rings. The maximum Gasteiger partial charge on any atom is 0.267 e. The van der Waals surface area contributed by atoms with Gasteiger partial charge in [-0.15, -0.1) is 0 Å². The summed E-state index contributed by atoms with van der Waals surface area (Å²) < 4.78 is 24.9. The molecule has 13 heteroatoms. The number of halogens is 1. The fourth-order valence-corrected chi connectivity index (χ4v) is 3.55. The fraction of sp³-hybridized carbons (Fsp3) is 0.176. The molecule has 30 heavy (non-hydrogen) atoms. The van der Waals surface area contributed by atoms with Crippen LogP contribution in [0.5, 0.6) is 0 Å². The fourth-order valence-electron chi connectivity index (χ4n) is 2.57.